The highest BCUT2D eigenvalue weighted by Gasteiger charge is 2.30. The number of rotatable bonds is 7. The highest BCUT2D eigenvalue weighted by atomic mass is 32.2. The van der Waals surface area contributed by atoms with Gasteiger partial charge in [-0.25, -0.2) is 0 Å². The number of benzene rings is 2. The lowest BCUT2D eigenvalue weighted by Gasteiger charge is -2.21. The number of alkyl halides is 3. The third-order valence-corrected chi connectivity index (χ3v) is 5.61. The van der Waals surface area contributed by atoms with E-state index < -0.39 is 23.8 Å². The number of likely N-dealkylation sites (tertiary alicyclic amines) is 1. The summed E-state index contributed by atoms with van der Waals surface area (Å²) in [5, 5.41) is 9.22. The van der Waals surface area contributed by atoms with Gasteiger partial charge in [-0.05, 0) is 55.8 Å². The molecule has 1 atom stereocenters. The first kappa shape index (κ1) is 20.5. The second-order valence-corrected chi connectivity index (χ2v) is 7.57. The summed E-state index contributed by atoms with van der Waals surface area (Å²) in [7, 11) is 0. The highest BCUT2D eigenvalue weighted by molar-refractivity contribution is 7.99. The Morgan fingerprint density at radius 3 is 2.57 bits per heavy atom. The molecule has 0 radical (unpaired) electrons. The van der Waals surface area contributed by atoms with Crippen LogP contribution in [0, 0.1) is 0 Å². The van der Waals surface area contributed by atoms with Gasteiger partial charge in [-0.3, -0.25) is 9.69 Å². The van der Waals surface area contributed by atoms with Crippen molar-refractivity contribution in [3.8, 4) is 5.75 Å². The van der Waals surface area contributed by atoms with Crippen LogP contribution >= 0.6 is 11.8 Å². The number of carbonyl (C=O) groups is 1. The SMILES string of the molecule is O=C(O)[C@@H]1CCCN1CCOc1ccccc1Sc1ccc(C(F)(F)F)cc1. The van der Waals surface area contributed by atoms with Gasteiger partial charge in [-0.2, -0.15) is 13.2 Å². The lowest BCUT2D eigenvalue weighted by Crippen LogP contribution is -2.38. The molecule has 2 aromatic rings. The summed E-state index contributed by atoms with van der Waals surface area (Å²) in [4.78, 5) is 14.6. The van der Waals surface area contributed by atoms with Gasteiger partial charge in [0.1, 0.15) is 18.4 Å². The second-order valence-electron chi connectivity index (χ2n) is 6.45. The Hall–Kier alpha value is -2.19. The Morgan fingerprint density at radius 2 is 1.89 bits per heavy atom. The predicted octanol–water partition coefficient (Wildman–Crippen LogP) is 4.78. The molecule has 1 N–H and O–H groups in total. The standard InChI is InChI=1S/C20H20F3NO3S/c21-20(22,23)14-7-9-15(10-8-14)28-18-6-2-1-5-17(18)27-13-12-24-11-3-4-16(24)19(25)26/h1-2,5-10,16H,3-4,11-13H2,(H,25,26)/t16-/m0/s1. The fraction of sp³-hybridized carbons (Fsp3) is 0.350. The van der Waals surface area contributed by atoms with Crippen LogP contribution in [0.25, 0.3) is 0 Å². The first-order chi connectivity index (χ1) is 13.3. The van der Waals surface area contributed by atoms with Crippen LogP contribution in [0.1, 0.15) is 18.4 Å². The van der Waals surface area contributed by atoms with Crippen LogP contribution in [-0.2, 0) is 11.0 Å². The largest absolute Gasteiger partial charge is 0.491 e. The molecule has 2 aromatic carbocycles. The van der Waals surface area contributed by atoms with Gasteiger partial charge in [0.25, 0.3) is 0 Å². The van der Waals surface area contributed by atoms with Crippen molar-refractivity contribution in [1.82, 2.24) is 4.90 Å². The first-order valence-electron chi connectivity index (χ1n) is 8.88. The van der Waals surface area contributed by atoms with E-state index in [1.807, 2.05) is 23.1 Å². The summed E-state index contributed by atoms with van der Waals surface area (Å²) in [6.07, 6.45) is -2.85. The lowest BCUT2D eigenvalue weighted by atomic mass is 10.2. The summed E-state index contributed by atoms with van der Waals surface area (Å²) in [6, 6.07) is 11.8. The maximum Gasteiger partial charge on any atom is 0.416 e. The van der Waals surface area contributed by atoms with Gasteiger partial charge >= 0.3 is 12.1 Å². The molecule has 1 fully saturated rings. The summed E-state index contributed by atoms with van der Waals surface area (Å²) < 4.78 is 43.9. The van der Waals surface area contributed by atoms with Gasteiger partial charge in [0.15, 0.2) is 0 Å². The van der Waals surface area contributed by atoms with Crippen LogP contribution in [0.15, 0.2) is 58.3 Å². The van der Waals surface area contributed by atoms with Crippen LogP contribution in [0.4, 0.5) is 13.2 Å². The van der Waals surface area contributed by atoms with E-state index in [0.717, 1.165) is 30.0 Å². The smallest absolute Gasteiger partial charge is 0.416 e. The zero-order valence-corrected chi connectivity index (χ0v) is 15.8. The molecule has 1 aliphatic heterocycles. The third-order valence-electron chi connectivity index (χ3n) is 4.54. The summed E-state index contributed by atoms with van der Waals surface area (Å²) in [6.45, 7) is 1.59. The average molecular weight is 411 g/mol. The molecule has 28 heavy (non-hydrogen) atoms. The molecule has 0 spiro atoms. The second kappa shape index (κ2) is 8.87. The Balaban J connectivity index is 1.61. The van der Waals surface area contributed by atoms with Crippen LogP contribution in [0.5, 0.6) is 5.75 Å². The average Bonchev–Trinajstić information content (AvgIpc) is 3.12. The van der Waals surface area contributed by atoms with E-state index in [1.54, 1.807) is 6.07 Å². The molecular weight excluding hydrogens is 391 g/mol. The van der Waals surface area contributed by atoms with E-state index in [4.69, 9.17) is 4.74 Å². The Kier molecular flexibility index (Phi) is 6.51. The van der Waals surface area contributed by atoms with Crippen molar-refractivity contribution in [2.75, 3.05) is 19.7 Å². The predicted molar refractivity (Wildman–Crippen MR) is 99.7 cm³/mol. The van der Waals surface area contributed by atoms with Crippen molar-refractivity contribution in [3.63, 3.8) is 0 Å². The highest BCUT2D eigenvalue weighted by Crippen LogP contribution is 2.36. The molecular formula is C20H20F3NO3S. The topological polar surface area (TPSA) is 49.8 Å². The quantitative estimate of drug-likeness (QED) is 0.710. The molecule has 1 saturated heterocycles. The van der Waals surface area contributed by atoms with Crippen molar-refractivity contribution >= 4 is 17.7 Å². The molecule has 150 valence electrons. The van der Waals surface area contributed by atoms with Crippen molar-refractivity contribution in [3.05, 3.63) is 54.1 Å². The fourth-order valence-corrected chi connectivity index (χ4v) is 4.04. The monoisotopic (exact) mass is 411 g/mol. The van der Waals surface area contributed by atoms with Gasteiger partial charge in [0, 0.05) is 11.4 Å². The van der Waals surface area contributed by atoms with Crippen molar-refractivity contribution in [2.24, 2.45) is 0 Å². The number of carboxylic acid groups (broad SMARTS) is 1. The Morgan fingerprint density at radius 1 is 1.18 bits per heavy atom. The fourth-order valence-electron chi connectivity index (χ4n) is 3.14. The number of carboxylic acids is 1. The molecule has 0 saturated carbocycles. The number of hydrogen-bond acceptors (Lipinski definition) is 4. The van der Waals surface area contributed by atoms with E-state index in [-0.39, 0.29) is 0 Å². The third kappa shape index (κ3) is 5.20. The molecule has 3 rings (SSSR count). The zero-order valence-electron chi connectivity index (χ0n) is 15.0. The first-order valence-corrected chi connectivity index (χ1v) is 9.70. The number of hydrogen-bond donors (Lipinski definition) is 1. The molecule has 4 nitrogen and oxygen atoms in total. The van der Waals surface area contributed by atoms with Crippen molar-refractivity contribution in [1.29, 1.82) is 0 Å². The van der Waals surface area contributed by atoms with E-state index in [1.165, 1.54) is 23.9 Å². The number of nitrogens with zero attached hydrogens (tertiary/aromatic N) is 1. The molecule has 0 aliphatic carbocycles. The van der Waals surface area contributed by atoms with E-state index in [0.29, 0.717) is 30.2 Å². The molecule has 0 aromatic heterocycles. The van der Waals surface area contributed by atoms with E-state index in [9.17, 15) is 23.1 Å². The van der Waals surface area contributed by atoms with Crippen LogP contribution in [0.3, 0.4) is 0 Å². The van der Waals surface area contributed by atoms with Gasteiger partial charge in [-0.15, -0.1) is 0 Å². The maximum atomic E-state index is 12.7. The summed E-state index contributed by atoms with van der Waals surface area (Å²) >= 11 is 1.32. The van der Waals surface area contributed by atoms with Gasteiger partial charge < -0.3 is 9.84 Å². The van der Waals surface area contributed by atoms with Crippen LogP contribution in [-0.4, -0.2) is 41.7 Å². The van der Waals surface area contributed by atoms with Crippen molar-refractivity contribution < 1.29 is 27.8 Å². The zero-order chi connectivity index (χ0) is 20.1. The lowest BCUT2D eigenvalue weighted by molar-refractivity contribution is -0.142. The Bertz CT molecular complexity index is 811. The normalized spacial score (nSPS) is 17.6. The van der Waals surface area contributed by atoms with Gasteiger partial charge in [0.2, 0.25) is 0 Å². The summed E-state index contributed by atoms with van der Waals surface area (Å²) in [5.41, 5.74) is -0.681. The summed E-state index contributed by atoms with van der Waals surface area (Å²) in [5.74, 6) is -0.186. The molecule has 8 heteroatoms. The number of aliphatic carboxylic acids is 1. The molecule has 0 amide bonds. The van der Waals surface area contributed by atoms with Crippen LogP contribution in [0.2, 0.25) is 0 Å². The van der Waals surface area contributed by atoms with E-state index in [2.05, 4.69) is 0 Å². The number of halogens is 3. The molecule has 1 heterocycles. The number of para-hydroxylation sites is 1. The van der Waals surface area contributed by atoms with Crippen LogP contribution < -0.4 is 4.74 Å². The maximum absolute atomic E-state index is 12.7. The molecule has 0 unspecified atom stereocenters. The Labute approximate surface area is 165 Å². The van der Waals surface area contributed by atoms with E-state index >= 15 is 0 Å². The van der Waals surface area contributed by atoms with Gasteiger partial charge in [0.05, 0.1) is 10.5 Å². The number of ether oxygens (including phenoxy) is 1. The molecule has 0 bridgehead atoms. The minimum absolute atomic E-state index is 0.342. The minimum Gasteiger partial charge on any atom is -0.491 e. The van der Waals surface area contributed by atoms with Crippen molar-refractivity contribution in [2.45, 2.75) is 34.9 Å². The molecule has 1 aliphatic rings. The minimum atomic E-state index is -4.35. The van der Waals surface area contributed by atoms with Gasteiger partial charge in [-0.1, -0.05) is 23.9 Å².